The first-order chi connectivity index (χ1) is 13.4. The van der Waals surface area contributed by atoms with Crippen molar-refractivity contribution in [1.29, 1.82) is 0 Å². The van der Waals surface area contributed by atoms with Crippen molar-refractivity contribution in [2.45, 2.75) is 53.2 Å². The van der Waals surface area contributed by atoms with Gasteiger partial charge in [-0.05, 0) is 36.3 Å². The molecular weight excluding hydrogens is 370 g/mol. The van der Waals surface area contributed by atoms with Crippen LogP contribution >= 0.6 is 11.3 Å². The number of amides is 1. The average Bonchev–Trinajstić information content (AvgIpc) is 2.96. The van der Waals surface area contributed by atoms with Gasteiger partial charge in [0.2, 0.25) is 5.91 Å². The quantitative estimate of drug-likeness (QED) is 0.774. The van der Waals surface area contributed by atoms with Gasteiger partial charge in [0.25, 0.3) is 0 Å². The molecule has 1 saturated heterocycles. The van der Waals surface area contributed by atoms with Gasteiger partial charge in [-0.2, -0.15) is 0 Å². The molecule has 0 spiro atoms. The molecular formula is C22H31N3O2S. The highest BCUT2D eigenvalue weighted by Crippen LogP contribution is 2.23. The Bertz CT molecular complexity index is 847. The molecule has 1 aliphatic heterocycles. The fourth-order valence-corrected chi connectivity index (χ4v) is 4.98. The van der Waals surface area contributed by atoms with Gasteiger partial charge in [-0.25, -0.2) is 0 Å². The lowest BCUT2D eigenvalue weighted by Gasteiger charge is -2.35. The van der Waals surface area contributed by atoms with Crippen molar-refractivity contribution in [2.24, 2.45) is 11.8 Å². The van der Waals surface area contributed by atoms with E-state index in [2.05, 4.69) is 42.3 Å². The number of nitrogens with zero attached hydrogens (tertiary/aromatic N) is 2. The fourth-order valence-electron chi connectivity index (χ4n) is 4.22. The zero-order chi connectivity index (χ0) is 20.1. The van der Waals surface area contributed by atoms with Crippen LogP contribution < -0.4 is 10.2 Å². The molecule has 2 heterocycles. The summed E-state index contributed by atoms with van der Waals surface area (Å²) in [6.45, 7) is 10.7. The van der Waals surface area contributed by atoms with E-state index in [1.807, 2.05) is 18.4 Å². The number of aryl methyl sites for hydroxylation is 1. The van der Waals surface area contributed by atoms with Gasteiger partial charge in [-0.3, -0.25) is 14.5 Å². The predicted molar refractivity (Wildman–Crippen MR) is 114 cm³/mol. The van der Waals surface area contributed by atoms with E-state index >= 15 is 0 Å². The normalized spacial score (nSPS) is 20.2. The van der Waals surface area contributed by atoms with Crippen molar-refractivity contribution in [2.75, 3.05) is 13.1 Å². The molecule has 0 radical (unpaired) electrons. The second-order valence-electron chi connectivity index (χ2n) is 8.23. The molecule has 0 unspecified atom stereocenters. The first-order valence-corrected chi connectivity index (χ1v) is 11.0. The van der Waals surface area contributed by atoms with Crippen molar-refractivity contribution in [3.8, 4) is 0 Å². The van der Waals surface area contributed by atoms with E-state index in [1.165, 1.54) is 28.9 Å². The minimum absolute atomic E-state index is 0.000587. The standard InChI is InChI=1S/C22H31N3O2S/c1-16-10-17(2)13-24(12-16)14-20-7-5-4-6-19(20)11-23-21(26)8-9-25-18(3)15-28-22(25)27/h4-7,15-17H,8-14H2,1-3H3,(H,23,26)/t16-,17-/m1/s1. The van der Waals surface area contributed by atoms with Crippen LogP contribution in [0.5, 0.6) is 0 Å². The predicted octanol–water partition coefficient (Wildman–Crippen LogP) is 3.40. The second kappa shape index (κ2) is 9.52. The Morgan fingerprint density at radius 1 is 1.18 bits per heavy atom. The minimum Gasteiger partial charge on any atom is -0.352 e. The SMILES string of the molecule is Cc1csc(=O)n1CCC(=O)NCc1ccccc1CN1C[C@H](C)C[C@@H](C)C1. The lowest BCUT2D eigenvalue weighted by molar-refractivity contribution is -0.121. The number of likely N-dealkylation sites (tertiary alicyclic amines) is 1. The number of hydrogen-bond acceptors (Lipinski definition) is 4. The van der Waals surface area contributed by atoms with Gasteiger partial charge >= 0.3 is 4.87 Å². The highest BCUT2D eigenvalue weighted by Gasteiger charge is 2.22. The van der Waals surface area contributed by atoms with Gasteiger partial charge in [-0.15, -0.1) is 0 Å². The molecule has 0 bridgehead atoms. The molecule has 0 aliphatic carbocycles. The molecule has 1 N–H and O–H groups in total. The van der Waals surface area contributed by atoms with Crippen LogP contribution in [0, 0.1) is 18.8 Å². The van der Waals surface area contributed by atoms with Gasteiger partial charge < -0.3 is 9.88 Å². The Labute approximate surface area is 171 Å². The van der Waals surface area contributed by atoms with Crippen LogP contribution in [0.15, 0.2) is 34.4 Å². The number of thiazole rings is 1. The Hall–Kier alpha value is -1.92. The summed E-state index contributed by atoms with van der Waals surface area (Å²) in [4.78, 5) is 26.6. The van der Waals surface area contributed by atoms with Crippen molar-refractivity contribution in [3.63, 3.8) is 0 Å². The summed E-state index contributed by atoms with van der Waals surface area (Å²) in [5.74, 6) is 1.45. The smallest absolute Gasteiger partial charge is 0.307 e. The van der Waals surface area contributed by atoms with Crippen LogP contribution in [0.1, 0.15) is 43.5 Å². The maximum absolute atomic E-state index is 12.3. The molecule has 5 nitrogen and oxygen atoms in total. The van der Waals surface area contributed by atoms with E-state index in [4.69, 9.17) is 0 Å². The van der Waals surface area contributed by atoms with Crippen LogP contribution in [0.3, 0.4) is 0 Å². The van der Waals surface area contributed by atoms with Gasteiger partial charge in [-0.1, -0.05) is 49.4 Å². The molecule has 2 aromatic rings. The van der Waals surface area contributed by atoms with Crippen molar-refractivity contribution in [1.82, 2.24) is 14.8 Å². The molecule has 1 aliphatic rings. The molecule has 6 heteroatoms. The van der Waals surface area contributed by atoms with Crippen LogP contribution in [0.2, 0.25) is 0 Å². The van der Waals surface area contributed by atoms with Crippen molar-refractivity contribution in [3.05, 3.63) is 56.1 Å². The highest BCUT2D eigenvalue weighted by molar-refractivity contribution is 7.07. The molecule has 1 aromatic heterocycles. The lowest BCUT2D eigenvalue weighted by Crippen LogP contribution is -2.38. The van der Waals surface area contributed by atoms with Crippen LogP contribution in [-0.4, -0.2) is 28.5 Å². The van der Waals surface area contributed by atoms with E-state index in [1.54, 1.807) is 4.57 Å². The number of hydrogen-bond donors (Lipinski definition) is 1. The number of rotatable bonds is 7. The molecule has 1 aromatic carbocycles. The lowest BCUT2D eigenvalue weighted by atomic mass is 9.91. The minimum atomic E-state index is -0.0208. The summed E-state index contributed by atoms with van der Waals surface area (Å²) in [6.07, 6.45) is 1.63. The van der Waals surface area contributed by atoms with E-state index < -0.39 is 0 Å². The van der Waals surface area contributed by atoms with E-state index in [0.29, 0.717) is 19.5 Å². The van der Waals surface area contributed by atoms with Crippen molar-refractivity contribution < 1.29 is 4.79 Å². The van der Waals surface area contributed by atoms with Crippen molar-refractivity contribution >= 4 is 17.2 Å². The third-order valence-corrected chi connectivity index (χ3v) is 6.35. The number of benzene rings is 1. The number of aromatic nitrogens is 1. The summed E-state index contributed by atoms with van der Waals surface area (Å²) < 4.78 is 1.66. The summed E-state index contributed by atoms with van der Waals surface area (Å²) >= 11 is 1.18. The maximum atomic E-state index is 12.3. The number of carbonyl (C=O) groups is 1. The zero-order valence-corrected chi connectivity index (χ0v) is 17.9. The van der Waals surface area contributed by atoms with E-state index in [-0.39, 0.29) is 10.8 Å². The molecule has 3 rings (SSSR count). The Morgan fingerprint density at radius 3 is 2.50 bits per heavy atom. The van der Waals surface area contributed by atoms with Crippen LogP contribution in [0.4, 0.5) is 0 Å². The monoisotopic (exact) mass is 401 g/mol. The van der Waals surface area contributed by atoms with Gasteiger partial charge in [0, 0.05) is 50.2 Å². The number of nitrogens with one attached hydrogen (secondary N) is 1. The molecule has 2 atom stereocenters. The summed E-state index contributed by atoms with van der Waals surface area (Å²) in [5.41, 5.74) is 3.37. The zero-order valence-electron chi connectivity index (χ0n) is 17.1. The van der Waals surface area contributed by atoms with Crippen LogP contribution in [-0.2, 0) is 24.4 Å². The molecule has 1 fully saturated rings. The highest BCUT2D eigenvalue weighted by atomic mass is 32.1. The van der Waals surface area contributed by atoms with Gasteiger partial charge in [0.15, 0.2) is 0 Å². The summed E-state index contributed by atoms with van der Waals surface area (Å²) in [6, 6.07) is 8.36. The average molecular weight is 402 g/mol. The number of piperidine rings is 1. The van der Waals surface area contributed by atoms with E-state index in [9.17, 15) is 9.59 Å². The molecule has 1 amide bonds. The topological polar surface area (TPSA) is 54.3 Å². The second-order valence-corrected chi connectivity index (χ2v) is 9.05. The number of carbonyl (C=O) groups excluding carboxylic acids is 1. The summed E-state index contributed by atoms with van der Waals surface area (Å²) in [5, 5.41) is 4.86. The van der Waals surface area contributed by atoms with Gasteiger partial charge in [0.05, 0.1) is 0 Å². The first kappa shape index (κ1) is 20.8. The third kappa shape index (κ3) is 5.55. The first-order valence-electron chi connectivity index (χ1n) is 10.1. The Balaban J connectivity index is 1.54. The summed E-state index contributed by atoms with van der Waals surface area (Å²) in [7, 11) is 0. The fraction of sp³-hybridized carbons (Fsp3) is 0.545. The van der Waals surface area contributed by atoms with Crippen LogP contribution in [0.25, 0.3) is 0 Å². The third-order valence-electron chi connectivity index (χ3n) is 5.47. The molecule has 152 valence electrons. The Kier molecular flexibility index (Phi) is 7.08. The van der Waals surface area contributed by atoms with E-state index in [0.717, 1.165) is 37.2 Å². The largest absolute Gasteiger partial charge is 0.352 e. The molecule has 28 heavy (non-hydrogen) atoms. The maximum Gasteiger partial charge on any atom is 0.307 e. The Morgan fingerprint density at radius 2 is 1.86 bits per heavy atom. The van der Waals surface area contributed by atoms with Gasteiger partial charge in [0.1, 0.15) is 0 Å². The molecule has 0 saturated carbocycles.